The van der Waals surface area contributed by atoms with Crippen LogP contribution in [0.25, 0.3) is 0 Å². The summed E-state index contributed by atoms with van der Waals surface area (Å²) < 4.78 is 17.2. The second kappa shape index (κ2) is 12.3. The number of nitrogens with zero attached hydrogens (tertiary/aromatic N) is 2. The molecule has 1 saturated heterocycles. The van der Waals surface area contributed by atoms with Gasteiger partial charge in [0.15, 0.2) is 0 Å². The molecule has 1 aromatic carbocycles. The van der Waals surface area contributed by atoms with Gasteiger partial charge in [0.25, 0.3) is 0 Å². The van der Waals surface area contributed by atoms with E-state index in [-0.39, 0.29) is 30.6 Å². The van der Waals surface area contributed by atoms with Gasteiger partial charge in [-0.3, -0.25) is 4.79 Å². The molecule has 35 heavy (non-hydrogen) atoms. The van der Waals surface area contributed by atoms with Gasteiger partial charge in [0.2, 0.25) is 5.91 Å². The van der Waals surface area contributed by atoms with Crippen molar-refractivity contribution in [1.82, 2.24) is 15.1 Å². The molecule has 0 saturated carbocycles. The number of urea groups is 1. The van der Waals surface area contributed by atoms with Crippen molar-refractivity contribution in [3.05, 3.63) is 46.2 Å². The largest absolute Gasteiger partial charge is 0.497 e. The molecule has 190 valence electrons. The predicted octanol–water partition coefficient (Wildman–Crippen LogP) is 3.86. The minimum absolute atomic E-state index is 0.0184. The summed E-state index contributed by atoms with van der Waals surface area (Å²) in [6.07, 6.45) is 3.52. The molecule has 0 bridgehead atoms. The number of rotatable bonds is 10. The van der Waals surface area contributed by atoms with Crippen LogP contribution in [-0.4, -0.2) is 74.3 Å². The monoisotopic (exact) mass is 501 g/mol. The number of fused-ring (bicyclic) bond motifs is 1. The molecule has 4 rings (SSSR count). The minimum Gasteiger partial charge on any atom is -0.497 e. The van der Waals surface area contributed by atoms with E-state index < -0.39 is 0 Å². The molecule has 9 heteroatoms. The van der Waals surface area contributed by atoms with Crippen LogP contribution in [0.1, 0.15) is 42.7 Å². The minimum atomic E-state index is -0.216. The number of thiophene rings is 1. The van der Waals surface area contributed by atoms with Crippen LogP contribution in [0.3, 0.4) is 0 Å². The Morgan fingerprint density at radius 3 is 2.91 bits per heavy atom. The van der Waals surface area contributed by atoms with E-state index in [4.69, 9.17) is 14.2 Å². The average Bonchev–Trinajstić information content (AvgIpc) is 3.57. The molecule has 8 nitrogen and oxygen atoms in total. The number of hydrogen-bond donors (Lipinski definition) is 1. The van der Waals surface area contributed by atoms with Crippen LogP contribution in [-0.2, 0) is 16.0 Å². The summed E-state index contributed by atoms with van der Waals surface area (Å²) in [6.45, 7) is 4.66. The smallest absolute Gasteiger partial charge is 0.317 e. The molecule has 2 aliphatic rings. The van der Waals surface area contributed by atoms with E-state index in [1.807, 2.05) is 36.1 Å². The molecule has 3 heterocycles. The number of ether oxygens (including phenoxy) is 3. The Bertz CT molecular complexity index is 991. The SMILES string of the molecule is CCCNC(=O)N(CC(=O)N1CCc2sccc2[C@H]1COc1cccc(OC)c1)C[C@H]1CCCO1. The lowest BCUT2D eigenvalue weighted by molar-refractivity contribution is -0.135. The van der Waals surface area contributed by atoms with Crippen molar-refractivity contribution in [2.24, 2.45) is 0 Å². The summed E-state index contributed by atoms with van der Waals surface area (Å²) in [5.41, 5.74) is 1.12. The third-order valence-electron chi connectivity index (χ3n) is 6.45. The van der Waals surface area contributed by atoms with Gasteiger partial charge < -0.3 is 29.3 Å². The lowest BCUT2D eigenvalue weighted by Crippen LogP contribution is -2.51. The molecule has 0 spiro atoms. The number of methoxy groups -OCH3 is 1. The van der Waals surface area contributed by atoms with Crippen LogP contribution < -0.4 is 14.8 Å². The zero-order chi connectivity index (χ0) is 24.6. The Balaban J connectivity index is 1.48. The van der Waals surface area contributed by atoms with Crippen LogP contribution in [0.15, 0.2) is 35.7 Å². The van der Waals surface area contributed by atoms with E-state index >= 15 is 0 Å². The van der Waals surface area contributed by atoms with Crippen molar-refractivity contribution in [2.45, 2.75) is 44.8 Å². The highest BCUT2D eigenvalue weighted by molar-refractivity contribution is 7.10. The van der Waals surface area contributed by atoms with Crippen LogP contribution in [0.5, 0.6) is 11.5 Å². The number of benzene rings is 1. The Labute approximate surface area is 211 Å². The molecule has 1 fully saturated rings. The number of carbonyl (C=O) groups excluding carboxylic acids is 2. The normalized spacial score (nSPS) is 19.2. The lowest BCUT2D eigenvalue weighted by atomic mass is 10.0. The van der Waals surface area contributed by atoms with E-state index in [1.54, 1.807) is 23.3 Å². The maximum atomic E-state index is 13.6. The predicted molar refractivity (Wildman–Crippen MR) is 135 cm³/mol. The van der Waals surface area contributed by atoms with Gasteiger partial charge >= 0.3 is 6.03 Å². The summed E-state index contributed by atoms with van der Waals surface area (Å²) in [5.74, 6) is 1.34. The van der Waals surface area contributed by atoms with Crippen molar-refractivity contribution >= 4 is 23.3 Å². The molecule has 2 aliphatic heterocycles. The van der Waals surface area contributed by atoms with Gasteiger partial charge in [-0.1, -0.05) is 13.0 Å². The van der Waals surface area contributed by atoms with Crippen LogP contribution >= 0.6 is 11.3 Å². The number of amides is 3. The topological polar surface area (TPSA) is 80.3 Å². The first kappa shape index (κ1) is 25.3. The number of carbonyl (C=O) groups is 2. The van der Waals surface area contributed by atoms with E-state index in [2.05, 4.69) is 16.8 Å². The highest BCUT2D eigenvalue weighted by atomic mass is 32.1. The first-order valence-electron chi connectivity index (χ1n) is 12.4. The van der Waals surface area contributed by atoms with Gasteiger partial charge in [-0.2, -0.15) is 0 Å². The van der Waals surface area contributed by atoms with Gasteiger partial charge in [0.05, 0.1) is 19.3 Å². The summed E-state index contributed by atoms with van der Waals surface area (Å²) >= 11 is 1.72. The quantitative estimate of drug-likeness (QED) is 0.535. The molecular weight excluding hydrogens is 466 g/mol. The molecule has 0 radical (unpaired) electrons. The number of nitrogens with one attached hydrogen (secondary N) is 1. The maximum Gasteiger partial charge on any atom is 0.317 e. The van der Waals surface area contributed by atoms with E-state index in [0.29, 0.717) is 38.6 Å². The molecule has 0 unspecified atom stereocenters. The van der Waals surface area contributed by atoms with Crippen molar-refractivity contribution in [3.63, 3.8) is 0 Å². The van der Waals surface area contributed by atoms with Gasteiger partial charge in [-0.15, -0.1) is 11.3 Å². The Hall–Kier alpha value is -2.78. The highest BCUT2D eigenvalue weighted by Crippen LogP contribution is 2.34. The van der Waals surface area contributed by atoms with E-state index in [0.717, 1.165) is 37.0 Å². The van der Waals surface area contributed by atoms with Gasteiger partial charge in [0, 0.05) is 37.2 Å². The molecule has 1 aromatic heterocycles. The van der Waals surface area contributed by atoms with Crippen molar-refractivity contribution < 1.29 is 23.8 Å². The Morgan fingerprint density at radius 1 is 1.29 bits per heavy atom. The van der Waals surface area contributed by atoms with Crippen LogP contribution in [0, 0.1) is 0 Å². The Morgan fingerprint density at radius 2 is 2.14 bits per heavy atom. The second-order valence-electron chi connectivity index (χ2n) is 8.89. The zero-order valence-electron chi connectivity index (χ0n) is 20.5. The van der Waals surface area contributed by atoms with E-state index in [9.17, 15) is 9.59 Å². The van der Waals surface area contributed by atoms with E-state index in [1.165, 1.54) is 4.88 Å². The van der Waals surface area contributed by atoms with Crippen molar-refractivity contribution in [3.8, 4) is 11.5 Å². The summed E-state index contributed by atoms with van der Waals surface area (Å²) in [6, 6.07) is 9.12. The third kappa shape index (κ3) is 6.46. The van der Waals surface area contributed by atoms with Crippen LogP contribution in [0.2, 0.25) is 0 Å². The highest BCUT2D eigenvalue weighted by Gasteiger charge is 2.34. The fraction of sp³-hybridized carbons (Fsp3) is 0.538. The van der Waals surface area contributed by atoms with Crippen molar-refractivity contribution in [1.29, 1.82) is 0 Å². The third-order valence-corrected chi connectivity index (χ3v) is 7.45. The molecule has 2 atom stereocenters. The van der Waals surface area contributed by atoms with Gasteiger partial charge in [-0.05, 0) is 54.8 Å². The number of hydrogen-bond acceptors (Lipinski definition) is 6. The summed E-state index contributed by atoms with van der Waals surface area (Å²) in [5, 5.41) is 4.99. The average molecular weight is 502 g/mol. The molecule has 1 N–H and O–H groups in total. The van der Waals surface area contributed by atoms with Gasteiger partial charge in [0.1, 0.15) is 24.7 Å². The first-order valence-corrected chi connectivity index (χ1v) is 13.2. The molecule has 0 aliphatic carbocycles. The van der Waals surface area contributed by atoms with Crippen LogP contribution in [0.4, 0.5) is 4.79 Å². The standard InChI is InChI=1S/C26H35N3O5S/c1-3-11-27-26(31)28(16-21-8-5-13-33-21)17-25(30)29-12-9-24-22(10-14-35-24)23(29)18-34-20-7-4-6-19(15-20)32-2/h4,6-7,10,14-15,21,23H,3,5,8-9,11-13,16-18H2,1-2H3,(H,27,31)/t21-,23-/m1/s1. The van der Waals surface area contributed by atoms with Gasteiger partial charge in [-0.25, -0.2) is 4.79 Å². The molecule has 2 aromatic rings. The first-order chi connectivity index (χ1) is 17.1. The summed E-state index contributed by atoms with van der Waals surface area (Å²) in [4.78, 5) is 31.2. The maximum absolute atomic E-state index is 13.6. The molecular formula is C26H35N3O5S. The second-order valence-corrected chi connectivity index (χ2v) is 9.89. The zero-order valence-corrected chi connectivity index (χ0v) is 21.4. The molecule has 3 amide bonds. The lowest BCUT2D eigenvalue weighted by Gasteiger charge is -2.37. The van der Waals surface area contributed by atoms with Crippen molar-refractivity contribution in [2.75, 3.05) is 46.5 Å². The fourth-order valence-electron chi connectivity index (χ4n) is 4.59. The summed E-state index contributed by atoms with van der Waals surface area (Å²) in [7, 11) is 1.62. The Kier molecular flexibility index (Phi) is 8.87. The fourth-order valence-corrected chi connectivity index (χ4v) is 5.52.